The van der Waals surface area contributed by atoms with Gasteiger partial charge in [-0.15, -0.1) is 21.5 Å². The van der Waals surface area contributed by atoms with Crippen molar-refractivity contribution in [3.8, 4) is 0 Å². The van der Waals surface area contributed by atoms with Crippen LogP contribution in [0.5, 0.6) is 0 Å². The van der Waals surface area contributed by atoms with Crippen molar-refractivity contribution in [2.75, 3.05) is 6.54 Å². The first-order valence-electron chi connectivity index (χ1n) is 7.97. The molecule has 25 heavy (non-hydrogen) atoms. The zero-order chi connectivity index (χ0) is 17.2. The Morgan fingerprint density at radius 2 is 2.12 bits per heavy atom. The third-order valence-electron chi connectivity index (χ3n) is 3.98. The summed E-state index contributed by atoms with van der Waals surface area (Å²) in [6.07, 6.45) is 3.50. The second-order valence-corrected chi connectivity index (χ2v) is 7.16. The van der Waals surface area contributed by atoms with E-state index in [1.54, 1.807) is 0 Å². The van der Waals surface area contributed by atoms with Crippen LogP contribution in [0.15, 0.2) is 48.7 Å². The molecule has 1 amide bonds. The first-order chi connectivity index (χ1) is 12.2. The maximum atomic E-state index is 12.3. The summed E-state index contributed by atoms with van der Waals surface area (Å²) in [5.74, 6) is 0.835. The fourth-order valence-corrected chi connectivity index (χ4v) is 4.02. The number of nitrogens with one attached hydrogen (secondary N) is 1. The predicted octanol–water partition coefficient (Wildman–Crippen LogP) is 3.96. The Kier molecular flexibility index (Phi) is 4.38. The molecular formula is C18H15ClN4OS. The summed E-state index contributed by atoms with van der Waals surface area (Å²) < 4.78 is 2.99. The highest BCUT2D eigenvalue weighted by Crippen LogP contribution is 2.30. The van der Waals surface area contributed by atoms with Crippen molar-refractivity contribution in [2.45, 2.75) is 12.8 Å². The molecule has 3 heterocycles. The fraction of sp³-hybridized carbons (Fsp3) is 0.167. The largest absolute Gasteiger partial charge is 0.351 e. The van der Waals surface area contributed by atoms with E-state index in [1.807, 2.05) is 53.1 Å². The lowest BCUT2D eigenvalue weighted by molar-refractivity contribution is 0.0957. The minimum atomic E-state index is -0.0663. The molecule has 0 bridgehead atoms. The molecule has 5 nitrogen and oxygen atoms in total. The number of benzene rings is 1. The monoisotopic (exact) mass is 370 g/mol. The minimum absolute atomic E-state index is 0.0663. The van der Waals surface area contributed by atoms with Gasteiger partial charge in [0.05, 0.1) is 4.88 Å². The molecule has 0 atom stereocenters. The number of rotatable bonds is 5. The molecule has 0 aliphatic rings. The molecule has 4 rings (SSSR count). The van der Waals surface area contributed by atoms with Crippen LogP contribution in [0, 0.1) is 0 Å². The number of thiophene rings is 1. The van der Waals surface area contributed by atoms with Crippen LogP contribution < -0.4 is 5.32 Å². The number of pyridine rings is 1. The zero-order valence-electron chi connectivity index (χ0n) is 13.3. The molecular weight excluding hydrogens is 356 g/mol. The standard InChI is InChI=1S/C18H15ClN4OS/c19-13-5-3-6-14-12(13)11-15(25-14)18(24)20-9-4-8-17-22-21-16-7-1-2-10-23(16)17/h1-3,5-7,10-11H,4,8-9H2,(H,20,24). The third-order valence-corrected chi connectivity index (χ3v) is 5.41. The highest BCUT2D eigenvalue weighted by Gasteiger charge is 2.11. The molecule has 7 heteroatoms. The lowest BCUT2D eigenvalue weighted by atomic mass is 10.2. The number of carbonyl (C=O) groups is 1. The summed E-state index contributed by atoms with van der Waals surface area (Å²) in [5.41, 5.74) is 0.837. The lowest BCUT2D eigenvalue weighted by Gasteiger charge is -2.03. The van der Waals surface area contributed by atoms with Gasteiger partial charge in [0.25, 0.3) is 5.91 Å². The average Bonchev–Trinajstić information content (AvgIpc) is 3.24. The van der Waals surface area contributed by atoms with Gasteiger partial charge in [-0.3, -0.25) is 9.20 Å². The van der Waals surface area contributed by atoms with Gasteiger partial charge in [-0.25, -0.2) is 0 Å². The van der Waals surface area contributed by atoms with E-state index in [4.69, 9.17) is 11.6 Å². The van der Waals surface area contributed by atoms with E-state index in [1.165, 1.54) is 11.3 Å². The highest BCUT2D eigenvalue weighted by atomic mass is 35.5. The predicted molar refractivity (Wildman–Crippen MR) is 100 cm³/mol. The van der Waals surface area contributed by atoms with Crippen LogP contribution in [0.25, 0.3) is 15.7 Å². The van der Waals surface area contributed by atoms with Gasteiger partial charge in [-0.2, -0.15) is 0 Å². The van der Waals surface area contributed by atoms with Gasteiger partial charge < -0.3 is 5.32 Å². The summed E-state index contributed by atoms with van der Waals surface area (Å²) in [6, 6.07) is 13.4. The van der Waals surface area contributed by atoms with Crippen LogP contribution >= 0.6 is 22.9 Å². The average molecular weight is 371 g/mol. The van der Waals surface area contributed by atoms with Crippen molar-refractivity contribution >= 4 is 44.6 Å². The molecule has 4 aromatic rings. The Labute approximate surface area is 153 Å². The SMILES string of the molecule is O=C(NCCCc1nnc2ccccn12)c1cc2c(Cl)cccc2s1. The topological polar surface area (TPSA) is 59.3 Å². The van der Waals surface area contributed by atoms with Gasteiger partial charge >= 0.3 is 0 Å². The molecule has 0 saturated heterocycles. The summed E-state index contributed by atoms with van der Waals surface area (Å²) in [7, 11) is 0. The first kappa shape index (κ1) is 16.1. The van der Waals surface area contributed by atoms with Crippen LogP contribution in [0.2, 0.25) is 5.02 Å². The first-order valence-corrected chi connectivity index (χ1v) is 9.17. The summed E-state index contributed by atoms with van der Waals surface area (Å²) in [5, 5.41) is 12.9. The van der Waals surface area contributed by atoms with Gasteiger partial charge in [0, 0.05) is 34.3 Å². The van der Waals surface area contributed by atoms with Crippen molar-refractivity contribution in [2.24, 2.45) is 0 Å². The molecule has 1 aromatic carbocycles. The molecule has 3 aromatic heterocycles. The Morgan fingerprint density at radius 3 is 3.00 bits per heavy atom. The van der Waals surface area contributed by atoms with Crippen LogP contribution in [0.4, 0.5) is 0 Å². The van der Waals surface area contributed by atoms with Gasteiger partial charge in [0.15, 0.2) is 5.65 Å². The summed E-state index contributed by atoms with van der Waals surface area (Å²) in [4.78, 5) is 13.0. The molecule has 0 aliphatic heterocycles. The molecule has 126 valence electrons. The number of aromatic nitrogens is 3. The number of fused-ring (bicyclic) bond motifs is 2. The fourth-order valence-electron chi connectivity index (χ4n) is 2.73. The smallest absolute Gasteiger partial charge is 0.261 e. The van der Waals surface area contributed by atoms with Gasteiger partial charge in [-0.05, 0) is 36.8 Å². The van der Waals surface area contributed by atoms with Crippen molar-refractivity contribution in [1.82, 2.24) is 19.9 Å². The van der Waals surface area contributed by atoms with E-state index in [-0.39, 0.29) is 5.91 Å². The van der Waals surface area contributed by atoms with E-state index < -0.39 is 0 Å². The van der Waals surface area contributed by atoms with Gasteiger partial charge in [-0.1, -0.05) is 23.7 Å². The van der Waals surface area contributed by atoms with E-state index in [0.717, 1.165) is 34.4 Å². The normalized spacial score (nSPS) is 11.2. The number of nitrogens with zero attached hydrogens (tertiary/aromatic N) is 3. The third kappa shape index (κ3) is 3.23. The number of hydrogen-bond acceptors (Lipinski definition) is 4. The highest BCUT2D eigenvalue weighted by molar-refractivity contribution is 7.20. The molecule has 0 saturated carbocycles. The van der Waals surface area contributed by atoms with E-state index >= 15 is 0 Å². The van der Waals surface area contributed by atoms with Gasteiger partial charge in [0.2, 0.25) is 0 Å². The number of amides is 1. The van der Waals surface area contributed by atoms with Gasteiger partial charge in [0.1, 0.15) is 5.82 Å². The summed E-state index contributed by atoms with van der Waals surface area (Å²) in [6.45, 7) is 0.586. The summed E-state index contributed by atoms with van der Waals surface area (Å²) >= 11 is 7.62. The number of halogens is 1. The van der Waals surface area contributed by atoms with Crippen molar-refractivity contribution in [3.05, 3.63) is 64.4 Å². The molecule has 0 aliphatic carbocycles. The van der Waals surface area contributed by atoms with Crippen molar-refractivity contribution < 1.29 is 4.79 Å². The molecule has 0 spiro atoms. The quantitative estimate of drug-likeness (QED) is 0.541. The van der Waals surface area contributed by atoms with Crippen molar-refractivity contribution in [1.29, 1.82) is 0 Å². The second kappa shape index (κ2) is 6.82. The maximum absolute atomic E-state index is 12.3. The minimum Gasteiger partial charge on any atom is -0.351 e. The van der Waals surface area contributed by atoms with E-state index in [2.05, 4.69) is 15.5 Å². The van der Waals surface area contributed by atoms with Crippen LogP contribution in [-0.4, -0.2) is 27.0 Å². The van der Waals surface area contributed by atoms with Crippen LogP contribution in [0.1, 0.15) is 21.9 Å². The van der Waals surface area contributed by atoms with Crippen molar-refractivity contribution in [3.63, 3.8) is 0 Å². The van der Waals surface area contributed by atoms with Crippen LogP contribution in [-0.2, 0) is 6.42 Å². The zero-order valence-corrected chi connectivity index (χ0v) is 14.8. The number of carbonyl (C=O) groups excluding carboxylic acids is 1. The Balaban J connectivity index is 1.36. The molecule has 0 fully saturated rings. The van der Waals surface area contributed by atoms with E-state index in [9.17, 15) is 4.79 Å². The Morgan fingerprint density at radius 1 is 1.20 bits per heavy atom. The van der Waals surface area contributed by atoms with E-state index in [0.29, 0.717) is 16.4 Å². The Hall–Kier alpha value is -2.44. The Bertz CT molecular complexity index is 1060. The molecule has 0 unspecified atom stereocenters. The van der Waals surface area contributed by atoms with Crippen LogP contribution in [0.3, 0.4) is 0 Å². The molecule has 1 N–H and O–H groups in total. The number of hydrogen-bond donors (Lipinski definition) is 1. The number of aryl methyl sites for hydroxylation is 1. The maximum Gasteiger partial charge on any atom is 0.261 e. The molecule has 0 radical (unpaired) electrons. The lowest BCUT2D eigenvalue weighted by Crippen LogP contribution is -2.24. The second-order valence-electron chi connectivity index (χ2n) is 5.67.